The molecule has 2 N–H and O–H groups in total. The Morgan fingerprint density at radius 3 is 2.46 bits per heavy atom. The summed E-state index contributed by atoms with van der Waals surface area (Å²) in [6.45, 7) is 4.13. The highest BCUT2D eigenvalue weighted by molar-refractivity contribution is 5.87. The van der Waals surface area contributed by atoms with Crippen molar-refractivity contribution < 1.29 is 0 Å². The molecule has 6 rings (SSSR count). The van der Waals surface area contributed by atoms with Crippen LogP contribution in [0.3, 0.4) is 0 Å². The van der Waals surface area contributed by atoms with Gasteiger partial charge in [-0.05, 0) is 66.6 Å². The van der Waals surface area contributed by atoms with Crippen molar-refractivity contribution in [2.75, 3.05) is 12.3 Å². The Hall–Kier alpha value is -4.45. The van der Waals surface area contributed by atoms with Crippen molar-refractivity contribution in [3.05, 3.63) is 102 Å². The Kier molecular flexibility index (Phi) is 6.15. The van der Waals surface area contributed by atoms with Gasteiger partial charge in [-0.1, -0.05) is 55.8 Å². The fourth-order valence-corrected chi connectivity index (χ4v) is 4.81. The van der Waals surface area contributed by atoms with Crippen molar-refractivity contribution in [2.45, 2.75) is 32.7 Å². The SMILES string of the molecule is CCCCc1cc(-c2ccccc2)nc2c1nc(-c1cccnc1N)n2-c1ccc(CN2C=CC2)cc1. The van der Waals surface area contributed by atoms with Crippen molar-refractivity contribution in [2.24, 2.45) is 0 Å². The molecule has 3 aromatic heterocycles. The topological polar surface area (TPSA) is 72.9 Å². The van der Waals surface area contributed by atoms with E-state index in [4.69, 9.17) is 15.7 Å². The fraction of sp³-hybridized carbons (Fsp3) is 0.194. The van der Waals surface area contributed by atoms with E-state index < -0.39 is 0 Å². The summed E-state index contributed by atoms with van der Waals surface area (Å²) in [6, 6.07) is 25.1. The predicted octanol–water partition coefficient (Wildman–Crippen LogP) is 6.40. The number of aryl methyl sites for hydroxylation is 1. The Morgan fingerprint density at radius 2 is 1.76 bits per heavy atom. The van der Waals surface area contributed by atoms with E-state index in [0.717, 1.165) is 71.8 Å². The van der Waals surface area contributed by atoms with Crippen LogP contribution in [0, 0.1) is 0 Å². The summed E-state index contributed by atoms with van der Waals surface area (Å²) in [6.07, 6.45) is 9.15. The second-order valence-corrected chi connectivity index (χ2v) is 9.50. The number of hydrogen-bond donors (Lipinski definition) is 1. The van der Waals surface area contributed by atoms with Crippen molar-refractivity contribution >= 4 is 17.0 Å². The minimum absolute atomic E-state index is 0.457. The molecule has 1 aliphatic rings. The van der Waals surface area contributed by atoms with Gasteiger partial charge in [-0.3, -0.25) is 4.57 Å². The summed E-state index contributed by atoms with van der Waals surface area (Å²) in [5.74, 6) is 1.22. The summed E-state index contributed by atoms with van der Waals surface area (Å²) in [5, 5.41) is 0. The minimum atomic E-state index is 0.457. The lowest BCUT2D eigenvalue weighted by Crippen LogP contribution is -2.23. The van der Waals surface area contributed by atoms with Crippen molar-refractivity contribution in [3.63, 3.8) is 0 Å². The van der Waals surface area contributed by atoms with Gasteiger partial charge in [0.05, 0.1) is 11.3 Å². The second-order valence-electron chi connectivity index (χ2n) is 9.50. The highest BCUT2D eigenvalue weighted by atomic mass is 15.1. The normalized spacial score (nSPS) is 12.7. The van der Waals surface area contributed by atoms with E-state index in [9.17, 15) is 0 Å². The molecule has 0 bridgehead atoms. The van der Waals surface area contributed by atoms with Crippen LogP contribution in [0.4, 0.5) is 5.82 Å². The van der Waals surface area contributed by atoms with Gasteiger partial charge in [0.2, 0.25) is 0 Å². The second kappa shape index (κ2) is 9.90. The van der Waals surface area contributed by atoms with Gasteiger partial charge in [-0.15, -0.1) is 0 Å². The molecule has 0 radical (unpaired) electrons. The van der Waals surface area contributed by atoms with Crippen LogP contribution in [0.2, 0.25) is 0 Å². The molecule has 6 nitrogen and oxygen atoms in total. The van der Waals surface area contributed by atoms with Gasteiger partial charge in [0.15, 0.2) is 11.5 Å². The van der Waals surface area contributed by atoms with Crippen LogP contribution in [0.1, 0.15) is 30.9 Å². The number of pyridine rings is 2. The average molecular weight is 487 g/mol. The maximum absolute atomic E-state index is 6.36. The molecule has 0 unspecified atom stereocenters. The van der Waals surface area contributed by atoms with Crippen molar-refractivity contribution in [1.82, 2.24) is 24.4 Å². The summed E-state index contributed by atoms with van der Waals surface area (Å²) in [7, 11) is 0. The number of nitrogens with two attached hydrogens (primary N) is 1. The number of aromatic nitrogens is 4. The monoisotopic (exact) mass is 486 g/mol. The first-order valence-corrected chi connectivity index (χ1v) is 12.9. The summed E-state index contributed by atoms with van der Waals surface area (Å²) >= 11 is 0. The van der Waals surface area contributed by atoms with Crippen molar-refractivity contribution in [1.29, 1.82) is 0 Å². The van der Waals surface area contributed by atoms with Gasteiger partial charge in [-0.25, -0.2) is 15.0 Å². The standard InChI is InChI=1S/C31H30N6/c1-2-3-9-24-20-27(23-10-5-4-6-11-23)34-31-28(24)35-30(26-12-7-17-33-29(26)32)37(31)25-15-13-22(14-16-25)21-36-18-8-19-36/h4-8,10-18,20H,2-3,9,19,21H2,1H3,(H2,32,33). The number of nitrogen functional groups attached to an aromatic ring is 1. The van der Waals surface area contributed by atoms with Crippen LogP contribution >= 0.6 is 0 Å². The third-order valence-corrected chi connectivity index (χ3v) is 6.88. The fourth-order valence-electron chi connectivity index (χ4n) is 4.81. The molecule has 0 aliphatic carbocycles. The Bertz CT molecular complexity index is 1570. The largest absolute Gasteiger partial charge is 0.383 e. The van der Waals surface area contributed by atoms with E-state index in [-0.39, 0.29) is 0 Å². The lowest BCUT2D eigenvalue weighted by Gasteiger charge is -2.25. The van der Waals surface area contributed by atoms with Gasteiger partial charge >= 0.3 is 0 Å². The highest BCUT2D eigenvalue weighted by Gasteiger charge is 2.21. The molecule has 0 saturated heterocycles. The third-order valence-electron chi connectivity index (χ3n) is 6.88. The van der Waals surface area contributed by atoms with E-state index >= 15 is 0 Å². The Labute approximate surface area is 217 Å². The first kappa shape index (κ1) is 23.0. The van der Waals surface area contributed by atoms with Crippen molar-refractivity contribution in [3.8, 4) is 28.3 Å². The van der Waals surface area contributed by atoms with Gasteiger partial charge in [-0.2, -0.15) is 0 Å². The van der Waals surface area contributed by atoms with Crippen LogP contribution in [0.25, 0.3) is 39.5 Å². The number of unbranched alkanes of at least 4 members (excludes halogenated alkanes) is 1. The highest BCUT2D eigenvalue weighted by Crippen LogP contribution is 2.34. The molecule has 0 saturated carbocycles. The van der Waals surface area contributed by atoms with E-state index in [1.165, 1.54) is 11.1 Å². The molecular formula is C31H30N6. The third kappa shape index (κ3) is 4.47. The Morgan fingerprint density at radius 1 is 0.946 bits per heavy atom. The number of anilines is 1. The maximum Gasteiger partial charge on any atom is 0.165 e. The van der Waals surface area contributed by atoms with E-state index in [0.29, 0.717) is 5.82 Å². The smallest absolute Gasteiger partial charge is 0.165 e. The van der Waals surface area contributed by atoms with Crippen LogP contribution < -0.4 is 5.73 Å². The quantitative estimate of drug-likeness (QED) is 0.275. The molecular weight excluding hydrogens is 456 g/mol. The van der Waals surface area contributed by atoms with Gasteiger partial charge in [0, 0.05) is 30.5 Å². The molecule has 37 heavy (non-hydrogen) atoms. The molecule has 0 spiro atoms. The lowest BCUT2D eigenvalue weighted by atomic mass is 10.0. The molecule has 4 heterocycles. The number of imidazole rings is 1. The molecule has 0 amide bonds. The number of benzene rings is 2. The number of nitrogens with zero attached hydrogens (tertiary/aromatic N) is 5. The molecule has 0 fully saturated rings. The number of rotatable bonds is 8. The number of fused-ring (bicyclic) bond motifs is 1. The van der Waals surface area contributed by atoms with Crippen LogP contribution in [0.5, 0.6) is 0 Å². The zero-order valence-electron chi connectivity index (χ0n) is 21.0. The molecule has 2 aromatic carbocycles. The van der Waals surface area contributed by atoms with Crippen LogP contribution in [0.15, 0.2) is 91.3 Å². The molecule has 184 valence electrons. The molecule has 1 aliphatic heterocycles. The summed E-state index contributed by atoms with van der Waals surface area (Å²) < 4.78 is 2.14. The lowest BCUT2D eigenvalue weighted by molar-refractivity contribution is 0.368. The van der Waals surface area contributed by atoms with Crippen LogP contribution in [-0.4, -0.2) is 31.0 Å². The van der Waals surface area contributed by atoms with Crippen LogP contribution in [-0.2, 0) is 13.0 Å². The molecule has 6 heteroatoms. The maximum atomic E-state index is 6.36. The van der Waals surface area contributed by atoms with E-state index in [1.54, 1.807) is 6.20 Å². The van der Waals surface area contributed by atoms with Gasteiger partial charge < -0.3 is 10.6 Å². The van der Waals surface area contributed by atoms with E-state index in [1.807, 2.05) is 18.2 Å². The van der Waals surface area contributed by atoms with Gasteiger partial charge in [0.1, 0.15) is 11.3 Å². The summed E-state index contributed by atoms with van der Waals surface area (Å²) in [5.41, 5.74) is 14.4. The first-order chi connectivity index (χ1) is 18.2. The molecule has 5 aromatic rings. The van der Waals surface area contributed by atoms with E-state index in [2.05, 4.69) is 88.2 Å². The van der Waals surface area contributed by atoms with Gasteiger partial charge in [0.25, 0.3) is 0 Å². The Balaban J connectivity index is 1.57. The zero-order chi connectivity index (χ0) is 25.2. The zero-order valence-corrected chi connectivity index (χ0v) is 21.0. The average Bonchev–Trinajstić information content (AvgIpc) is 3.30. The minimum Gasteiger partial charge on any atom is -0.383 e. The predicted molar refractivity (Wildman–Crippen MR) is 150 cm³/mol. The number of hydrogen-bond acceptors (Lipinski definition) is 5. The first-order valence-electron chi connectivity index (χ1n) is 12.9. The molecule has 0 atom stereocenters. The summed E-state index contributed by atoms with van der Waals surface area (Å²) in [4.78, 5) is 17.0.